The third kappa shape index (κ3) is 3.89. The van der Waals surface area contributed by atoms with Gasteiger partial charge in [0.25, 0.3) is 11.1 Å². The Balaban J connectivity index is 2.13. The summed E-state index contributed by atoms with van der Waals surface area (Å²) in [4.78, 5) is 25.8. The van der Waals surface area contributed by atoms with Crippen LogP contribution in [0.1, 0.15) is 31.7 Å². The Kier molecular flexibility index (Phi) is 5.47. The molecule has 1 heterocycles. The molecule has 6 heteroatoms. The van der Waals surface area contributed by atoms with E-state index in [4.69, 9.17) is 0 Å². The number of unbranched alkanes of at least 4 members (excludes halogenated alkanes) is 2. The molecule has 0 bridgehead atoms. The topological polar surface area (TPSA) is 57.6 Å². The summed E-state index contributed by atoms with van der Waals surface area (Å²) in [6.45, 7) is 2.56. The van der Waals surface area contributed by atoms with Gasteiger partial charge in [-0.2, -0.15) is 0 Å². The third-order valence-corrected chi connectivity index (χ3v) is 4.67. The van der Waals surface area contributed by atoms with E-state index in [-0.39, 0.29) is 16.9 Å². The Morgan fingerprint density at radius 3 is 2.76 bits per heavy atom. The van der Waals surface area contributed by atoms with Crippen molar-refractivity contribution in [3.8, 4) is 5.75 Å². The van der Waals surface area contributed by atoms with Gasteiger partial charge in [-0.05, 0) is 57.9 Å². The molecule has 0 aliphatic carbocycles. The highest BCUT2D eigenvalue weighted by atomic mass is 79.9. The van der Waals surface area contributed by atoms with Gasteiger partial charge in [0.2, 0.25) is 0 Å². The van der Waals surface area contributed by atoms with Gasteiger partial charge in [-0.15, -0.1) is 0 Å². The van der Waals surface area contributed by atoms with Gasteiger partial charge in [-0.3, -0.25) is 14.5 Å². The lowest BCUT2D eigenvalue weighted by Crippen LogP contribution is -2.29. The standard InChI is InChI=1S/C15H16BrNO3S/c1-2-3-4-7-17-14(19)13(21-15(17)20)9-10-5-6-12(18)11(16)8-10/h5-6,8-9,18H,2-4,7H2,1H3/b13-9+. The molecule has 1 fully saturated rings. The number of nitrogens with zero attached hydrogens (tertiary/aromatic N) is 1. The van der Waals surface area contributed by atoms with Crippen LogP contribution < -0.4 is 0 Å². The number of amides is 2. The number of benzene rings is 1. The average molecular weight is 370 g/mol. The molecular formula is C15H16BrNO3S. The van der Waals surface area contributed by atoms with E-state index >= 15 is 0 Å². The fourth-order valence-corrected chi connectivity index (χ4v) is 3.24. The highest BCUT2D eigenvalue weighted by Gasteiger charge is 2.34. The highest BCUT2D eigenvalue weighted by Crippen LogP contribution is 2.33. The van der Waals surface area contributed by atoms with Gasteiger partial charge in [0.05, 0.1) is 9.38 Å². The molecule has 4 nitrogen and oxygen atoms in total. The normalized spacial score (nSPS) is 17.0. The number of aromatic hydroxyl groups is 1. The molecular weight excluding hydrogens is 354 g/mol. The summed E-state index contributed by atoms with van der Waals surface area (Å²) in [5.41, 5.74) is 0.763. The van der Waals surface area contributed by atoms with Gasteiger partial charge in [0, 0.05) is 6.54 Å². The van der Waals surface area contributed by atoms with Crippen molar-refractivity contribution in [2.24, 2.45) is 0 Å². The van der Waals surface area contributed by atoms with Crippen molar-refractivity contribution in [3.05, 3.63) is 33.1 Å². The summed E-state index contributed by atoms with van der Waals surface area (Å²) in [5.74, 6) is -0.0925. The van der Waals surface area contributed by atoms with E-state index < -0.39 is 0 Å². The molecule has 2 amide bonds. The zero-order chi connectivity index (χ0) is 15.4. The molecule has 2 rings (SSSR count). The van der Waals surface area contributed by atoms with Gasteiger partial charge in [0.15, 0.2) is 0 Å². The van der Waals surface area contributed by atoms with Crippen molar-refractivity contribution in [3.63, 3.8) is 0 Å². The van der Waals surface area contributed by atoms with E-state index in [2.05, 4.69) is 22.9 Å². The first-order valence-electron chi connectivity index (χ1n) is 6.77. The molecule has 1 aromatic carbocycles. The molecule has 0 aromatic heterocycles. The molecule has 0 atom stereocenters. The Morgan fingerprint density at radius 2 is 2.10 bits per heavy atom. The van der Waals surface area contributed by atoms with E-state index in [9.17, 15) is 14.7 Å². The first-order valence-corrected chi connectivity index (χ1v) is 8.37. The first-order chi connectivity index (χ1) is 10.0. The molecule has 0 radical (unpaired) electrons. The number of carbonyl (C=O) groups is 2. The van der Waals surface area contributed by atoms with Crippen LogP contribution in [0, 0.1) is 0 Å². The van der Waals surface area contributed by atoms with Crippen LogP contribution in [0.5, 0.6) is 5.75 Å². The SMILES string of the molecule is CCCCCN1C(=O)S/C(=C/c2ccc(O)c(Br)c2)C1=O. The van der Waals surface area contributed by atoms with Gasteiger partial charge in [0.1, 0.15) is 5.75 Å². The number of halogens is 1. The molecule has 0 spiro atoms. The highest BCUT2D eigenvalue weighted by molar-refractivity contribution is 9.10. The van der Waals surface area contributed by atoms with Crippen LogP contribution in [-0.2, 0) is 4.79 Å². The monoisotopic (exact) mass is 369 g/mol. The van der Waals surface area contributed by atoms with Crippen LogP contribution in [0.2, 0.25) is 0 Å². The minimum absolute atomic E-state index is 0.139. The Morgan fingerprint density at radius 1 is 1.33 bits per heavy atom. The second-order valence-corrected chi connectivity index (χ2v) is 6.60. The number of phenols is 1. The number of phenolic OH excluding ortho intramolecular Hbond substituents is 1. The maximum absolute atomic E-state index is 12.2. The fraction of sp³-hybridized carbons (Fsp3) is 0.333. The number of carbonyl (C=O) groups excluding carboxylic acids is 2. The van der Waals surface area contributed by atoms with Crippen LogP contribution in [0.3, 0.4) is 0 Å². The van der Waals surface area contributed by atoms with Crippen LogP contribution in [0.25, 0.3) is 6.08 Å². The van der Waals surface area contributed by atoms with Crippen molar-refractivity contribution in [1.29, 1.82) is 0 Å². The van der Waals surface area contributed by atoms with Gasteiger partial charge < -0.3 is 5.11 Å². The molecule has 1 aromatic rings. The Labute approximate surface area is 136 Å². The molecule has 112 valence electrons. The lowest BCUT2D eigenvalue weighted by atomic mass is 10.2. The van der Waals surface area contributed by atoms with E-state index in [0.717, 1.165) is 36.6 Å². The maximum atomic E-state index is 12.2. The van der Waals surface area contributed by atoms with Crippen LogP contribution in [-0.4, -0.2) is 27.7 Å². The smallest absolute Gasteiger partial charge is 0.293 e. The molecule has 1 aliphatic heterocycles. The van der Waals surface area contributed by atoms with Gasteiger partial charge in [-0.25, -0.2) is 0 Å². The molecule has 21 heavy (non-hydrogen) atoms. The van der Waals surface area contributed by atoms with Crippen molar-refractivity contribution in [1.82, 2.24) is 4.90 Å². The minimum atomic E-state index is -0.231. The summed E-state index contributed by atoms with van der Waals surface area (Å²) in [5, 5.41) is 9.25. The number of hydrogen-bond acceptors (Lipinski definition) is 4. The maximum Gasteiger partial charge on any atom is 0.293 e. The lowest BCUT2D eigenvalue weighted by molar-refractivity contribution is -0.122. The van der Waals surface area contributed by atoms with Gasteiger partial charge in [-0.1, -0.05) is 25.8 Å². The Hall–Kier alpha value is -1.27. The predicted molar refractivity (Wildman–Crippen MR) is 88.0 cm³/mol. The minimum Gasteiger partial charge on any atom is -0.507 e. The van der Waals surface area contributed by atoms with E-state index in [0.29, 0.717) is 15.9 Å². The zero-order valence-corrected chi connectivity index (χ0v) is 14.0. The van der Waals surface area contributed by atoms with Crippen molar-refractivity contribution < 1.29 is 14.7 Å². The fourth-order valence-electron chi connectivity index (χ4n) is 1.98. The second-order valence-electron chi connectivity index (χ2n) is 4.75. The van der Waals surface area contributed by atoms with E-state index in [1.54, 1.807) is 24.3 Å². The second kappa shape index (κ2) is 7.13. The average Bonchev–Trinajstić information content (AvgIpc) is 2.70. The zero-order valence-electron chi connectivity index (χ0n) is 11.6. The van der Waals surface area contributed by atoms with Crippen LogP contribution >= 0.6 is 27.7 Å². The first kappa shape index (κ1) is 16.1. The lowest BCUT2D eigenvalue weighted by Gasteiger charge is -2.11. The molecule has 0 unspecified atom stereocenters. The summed E-state index contributed by atoms with van der Waals surface area (Å²) in [6.07, 6.45) is 4.57. The molecule has 1 saturated heterocycles. The molecule has 1 aliphatic rings. The van der Waals surface area contributed by atoms with Crippen LogP contribution in [0.4, 0.5) is 4.79 Å². The number of rotatable bonds is 5. The van der Waals surface area contributed by atoms with Crippen LogP contribution in [0.15, 0.2) is 27.6 Å². The largest absolute Gasteiger partial charge is 0.507 e. The quantitative estimate of drug-likeness (QED) is 0.617. The molecule has 1 N–H and O–H groups in total. The predicted octanol–water partition coefficient (Wildman–Crippen LogP) is 4.38. The van der Waals surface area contributed by atoms with E-state index in [1.807, 2.05) is 0 Å². The summed E-state index contributed by atoms with van der Waals surface area (Å²) in [6, 6.07) is 4.95. The Bertz CT molecular complexity index is 601. The summed E-state index contributed by atoms with van der Waals surface area (Å²) in [7, 11) is 0. The number of hydrogen-bond donors (Lipinski definition) is 1. The van der Waals surface area contributed by atoms with Crippen molar-refractivity contribution >= 4 is 44.9 Å². The van der Waals surface area contributed by atoms with E-state index in [1.165, 1.54) is 4.90 Å². The number of thioether (sulfide) groups is 1. The summed E-state index contributed by atoms with van der Waals surface area (Å²) >= 11 is 4.19. The molecule has 0 saturated carbocycles. The number of imide groups is 1. The summed E-state index contributed by atoms with van der Waals surface area (Å²) < 4.78 is 0.554. The van der Waals surface area contributed by atoms with Crippen molar-refractivity contribution in [2.45, 2.75) is 26.2 Å². The van der Waals surface area contributed by atoms with Gasteiger partial charge >= 0.3 is 0 Å². The third-order valence-electron chi connectivity index (χ3n) is 3.13. The van der Waals surface area contributed by atoms with Crippen molar-refractivity contribution in [2.75, 3.05) is 6.54 Å².